The summed E-state index contributed by atoms with van der Waals surface area (Å²) in [6.45, 7) is 4.16. The number of carbonyl (C=O) groups excluding carboxylic acids is 2. The zero-order chi connectivity index (χ0) is 19.6. The van der Waals surface area contributed by atoms with Crippen molar-refractivity contribution in [2.24, 2.45) is 7.05 Å². The van der Waals surface area contributed by atoms with E-state index in [-0.39, 0.29) is 24.8 Å². The van der Waals surface area contributed by atoms with E-state index in [0.29, 0.717) is 16.4 Å². The highest BCUT2D eigenvalue weighted by Gasteiger charge is 2.11. The summed E-state index contributed by atoms with van der Waals surface area (Å²) in [5.74, 6) is -0.394. The molecule has 0 spiro atoms. The Labute approximate surface area is 162 Å². The lowest BCUT2D eigenvalue weighted by Crippen LogP contribution is -2.27. The van der Waals surface area contributed by atoms with Gasteiger partial charge in [-0.2, -0.15) is 0 Å². The fourth-order valence-corrected chi connectivity index (χ4v) is 2.97. The van der Waals surface area contributed by atoms with E-state index in [0.717, 1.165) is 22.3 Å². The number of hydrogen-bond donors (Lipinski definition) is 2. The average Bonchev–Trinajstić information content (AvgIpc) is 2.91. The van der Waals surface area contributed by atoms with Crippen LogP contribution in [-0.2, 0) is 11.8 Å². The number of aromatic nitrogens is 2. The van der Waals surface area contributed by atoms with Gasteiger partial charge in [0.25, 0.3) is 5.91 Å². The maximum absolute atomic E-state index is 12.3. The molecule has 0 aliphatic rings. The van der Waals surface area contributed by atoms with Gasteiger partial charge in [0.2, 0.25) is 11.2 Å². The number of benzene rings is 2. The van der Waals surface area contributed by atoms with Crippen LogP contribution in [0.5, 0.6) is 0 Å². The second-order valence-electron chi connectivity index (χ2n) is 6.52. The van der Waals surface area contributed by atoms with Crippen molar-refractivity contribution in [3.05, 3.63) is 58.4 Å². The molecule has 0 aliphatic carbocycles. The Hall–Kier alpha value is -2.86. The molecule has 140 valence electrons. The Morgan fingerprint density at radius 1 is 1.15 bits per heavy atom. The van der Waals surface area contributed by atoms with Crippen molar-refractivity contribution >= 4 is 40.1 Å². The molecule has 0 bridgehead atoms. The van der Waals surface area contributed by atoms with Crippen LogP contribution in [0.3, 0.4) is 0 Å². The highest BCUT2D eigenvalue weighted by Crippen LogP contribution is 2.19. The monoisotopic (exact) mass is 384 g/mol. The van der Waals surface area contributed by atoms with E-state index in [9.17, 15) is 9.59 Å². The minimum Gasteiger partial charge on any atom is -0.352 e. The Morgan fingerprint density at radius 2 is 1.93 bits per heavy atom. The quantitative estimate of drug-likeness (QED) is 0.705. The molecule has 0 radical (unpaired) electrons. The van der Waals surface area contributed by atoms with Crippen molar-refractivity contribution in [1.82, 2.24) is 14.9 Å². The number of nitrogens with zero attached hydrogens (tertiary/aromatic N) is 2. The maximum atomic E-state index is 12.3. The fraction of sp³-hybridized carbons (Fsp3) is 0.250. The van der Waals surface area contributed by atoms with Crippen molar-refractivity contribution in [2.75, 3.05) is 11.9 Å². The zero-order valence-electron chi connectivity index (χ0n) is 15.5. The van der Waals surface area contributed by atoms with Crippen LogP contribution >= 0.6 is 11.6 Å². The van der Waals surface area contributed by atoms with Crippen LogP contribution in [0.1, 0.15) is 27.9 Å². The number of imidazole rings is 1. The van der Waals surface area contributed by atoms with Gasteiger partial charge in [-0.05, 0) is 60.8 Å². The second kappa shape index (κ2) is 7.80. The average molecular weight is 385 g/mol. The molecular formula is C20H21ClN4O2. The molecule has 2 N–H and O–H groups in total. The summed E-state index contributed by atoms with van der Waals surface area (Å²) in [6.07, 6.45) is 0.191. The summed E-state index contributed by atoms with van der Waals surface area (Å²) in [5, 5.41) is 6.01. The van der Waals surface area contributed by atoms with Crippen molar-refractivity contribution in [3.8, 4) is 0 Å². The van der Waals surface area contributed by atoms with Gasteiger partial charge in [-0.25, -0.2) is 4.98 Å². The van der Waals surface area contributed by atoms with Gasteiger partial charge in [0, 0.05) is 31.3 Å². The molecule has 27 heavy (non-hydrogen) atoms. The van der Waals surface area contributed by atoms with Gasteiger partial charge in [0.15, 0.2) is 0 Å². The predicted octanol–water partition coefficient (Wildman–Crippen LogP) is 3.60. The van der Waals surface area contributed by atoms with E-state index in [1.165, 1.54) is 0 Å². The molecule has 7 heteroatoms. The maximum Gasteiger partial charge on any atom is 0.251 e. The molecule has 1 heterocycles. The Kier molecular flexibility index (Phi) is 5.46. The number of hydrogen-bond acceptors (Lipinski definition) is 3. The van der Waals surface area contributed by atoms with Gasteiger partial charge < -0.3 is 15.2 Å². The van der Waals surface area contributed by atoms with Crippen molar-refractivity contribution in [2.45, 2.75) is 20.3 Å². The van der Waals surface area contributed by atoms with Crippen LogP contribution in [0.15, 0.2) is 36.4 Å². The number of aryl methyl sites for hydroxylation is 3. The lowest BCUT2D eigenvalue weighted by Gasteiger charge is -2.10. The molecule has 0 saturated carbocycles. The summed E-state index contributed by atoms with van der Waals surface area (Å²) in [6, 6.07) is 11.1. The number of rotatable bonds is 5. The third kappa shape index (κ3) is 4.28. The normalized spacial score (nSPS) is 10.8. The zero-order valence-corrected chi connectivity index (χ0v) is 16.2. The summed E-state index contributed by atoms with van der Waals surface area (Å²) in [4.78, 5) is 28.6. The molecule has 0 aliphatic heterocycles. The molecule has 6 nitrogen and oxygen atoms in total. The van der Waals surface area contributed by atoms with Crippen LogP contribution in [0, 0.1) is 13.8 Å². The number of carbonyl (C=O) groups is 2. The summed E-state index contributed by atoms with van der Waals surface area (Å²) in [7, 11) is 1.81. The van der Waals surface area contributed by atoms with Crippen LogP contribution in [0.4, 0.5) is 5.69 Å². The Balaban J connectivity index is 1.56. The van der Waals surface area contributed by atoms with Gasteiger partial charge in [-0.15, -0.1) is 0 Å². The highest BCUT2D eigenvalue weighted by molar-refractivity contribution is 6.29. The number of fused-ring (bicyclic) bond motifs is 1. The van der Waals surface area contributed by atoms with Crippen molar-refractivity contribution in [3.63, 3.8) is 0 Å². The summed E-state index contributed by atoms with van der Waals surface area (Å²) < 4.78 is 1.75. The minimum atomic E-state index is -0.252. The molecule has 0 saturated heterocycles. The molecule has 0 atom stereocenters. The molecular weight excluding hydrogens is 364 g/mol. The Bertz CT molecular complexity index is 1030. The van der Waals surface area contributed by atoms with E-state index < -0.39 is 0 Å². The predicted molar refractivity (Wildman–Crippen MR) is 107 cm³/mol. The first-order valence-corrected chi connectivity index (χ1v) is 9.00. The second-order valence-corrected chi connectivity index (χ2v) is 6.85. The van der Waals surface area contributed by atoms with Crippen LogP contribution in [-0.4, -0.2) is 27.9 Å². The smallest absolute Gasteiger partial charge is 0.251 e. The van der Waals surface area contributed by atoms with Gasteiger partial charge >= 0.3 is 0 Å². The first kappa shape index (κ1) is 18.9. The molecule has 2 amide bonds. The van der Waals surface area contributed by atoms with Crippen LogP contribution in [0.25, 0.3) is 11.0 Å². The SMILES string of the molecule is Cc1ccc(C)c(NC(=O)CCNC(=O)c2ccc3c(c2)nc(Cl)n3C)c1. The van der Waals surface area contributed by atoms with E-state index in [1.807, 2.05) is 39.1 Å². The third-order valence-electron chi connectivity index (χ3n) is 4.39. The standard InChI is InChI=1S/C20H21ClN4O2/c1-12-4-5-13(2)15(10-12)23-18(26)8-9-22-19(27)14-6-7-17-16(11-14)24-20(21)25(17)3/h4-7,10-11H,8-9H2,1-3H3,(H,22,27)(H,23,26). The highest BCUT2D eigenvalue weighted by atomic mass is 35.5. The topological polar surface area (TPSA) is 76.0 Å². The lowest BCUT2D eigenvalue weighted by molar-refractivity contribution is -0.116. The third-order valence-corrected chi connectivity index (χ3v) is 4.73. The van der Waals surface area contributed by atoms with Crippen molar-refractivity contribution < 1.29 is 9.59 Å². The summed E-state index contributed by atoms with van der Waals surface area (Å²) in [5.41, 5.74) is 4.86. The van der Waals surface area contributed by atoms with E-state index in [4.69, 9.17) is 11.6 Å². The number of nitrogens with one attached hydrogen (secondary N) is 2. The molecule has 0 fully saturated rings. The number of amides is 2. The van der Waals surface area contributed by atoms with Gasteiger partial charge in [-0.1, -0.05) is 12.1 Å². The molecule has 0 unspecified atom stereocenters. The molecule has 3 rings (SSSR count). The molecule has 3 aromatic rings. The molecule has 1 aromatic heterocycles. The first-order chi connectivity index (χ1) is 12.8. The van der Waals surface area contributed by atoms with Gasteiger partial charge in [0.1, 0.15) is 0 Å². The number of halogens is 1. The van der Waals surface area contributed by atoms with Gasteiger partial charge in [0.05, 0.1) is 11.0 Å². The van der Waals surface area contributed by atoms with E-state index >= 15 is 0 Å². The first-order valence-electron chi connectivity index (χ1n) is 8.62. The largest absolute Gasteiger partial charge is 0.352 e. The number of anilines is 1. The summed E-state index contributed by atoms with van der Waals surface area (Å²) >= 11 is 6.00. The molecule has 2 aromatic carbocycles. The fourth-order valence-electron chi connectivity index (χ4n) is 2.79. The van der Waals surface area contributed by atoms with Crippen LogP contribution < -0.4 is 10.6 Å². The Morgan fingerprint density at radius 3 is 2.70 bits per heavy atom. The van der Waals surface area contributed by atoms with Crippen LogP contribution in [0.2, 0.25) is 5.28 Å². The van der Waals surface area contributed by atoms with E-state index in [1.54, 1.807) is 22.8 Å². The van der Waals surface area contributed by atoms with Crippen molar-refractivity contribution in [1.29, 1.82) is 0 Å². The minimum absolute atomic E-state index is 0.143. The lowest BCUT2D eigenvalue weighted by atomic mass is 10.1. The van der Waals surface area contributed by atoms with Gasteiger partial charge in [-0.3, -0.25) is 9.59 Å². The van der Waals surface area contributed by atoms with E-state index in [2.05, 4.69) is 15.6 Å².